The van der Waals surface area contributed by atoms with Crippen LogP contribution in [0.2, 0.25) is 0 Å². The van der Waals surface area contributed by atoms with Crippen LogP contribution in [0.3, 0.4) is 0 Å². The number of aromatic amines is 1. The average molecular weight is 379 g/mol. The van der Waals surface area contributed by atoms with Gasteiger partial charge in [0.1, 0.15) is 0 Å². The Balaban J connectivity index is 1.26. The number of likely N-dealkylation sites (tertiary alicyclic amines) is 2. The van der Waals surface area contributed by atoms with Gasteiger partial charge in [0.15, 0.2) is 0 Å². The van der Waals surface area contributed by atoms with E-state index in [1.54, 1.807) is 0 Å². The number of carbonyl (C=O) groups excluding carboxylic acids is 1. The van der Waals surface area contributed by atoms with Gasteiger partial charge in [-0.3, -0.25) is 9.89 Å². The number of H-pyrrole nitrogens is 1. The molecule has 5 heteroatoms. The van der Waals surface area contributed by atoms with Crippen molar-refractivity contribution < 1.29 is 4.79 Å². The molecule has 1 aromatic heterocycles. The first kappa shape index (κ1) is 17.9. The number of piperidine rings is 1. The van der Waals surface area contributed by atoms with E-state index in [1.165, 1.54) is 50.0 Å². The summed E-state index contributed by atoms with van der Waals surface area (Å²) < 4.78 is 0. The number of hydrogen-bond donors (Lipinski definition) is 1. The summed E-state index contributed by atoms with van der Waals surface area (Å²) in [6, 6.07) is 8.85. The van der Waals surface area contributed by atoms with Crippen LogP contribution >= 0.6 is 0 Å². The highest BCUT2D eigenvalue weighted by molar-refractivity contribution is 5.94. The molecule has 1 amide bonds. The number of rotatable bonds is 4. The van der Waals surface area contributed by atoms with Gasteiger partial charge in [0.05, 0.1) is 5.69 Å². The third-order valence-electron chi connectivity index (χ3n) is 6.77. The first-order valence-corrected chi connectivity index (χ1v) is 10.9. The molecule has 2 saturated heterocycles. The van der Waals surface area contributed by atoms with Crippen LogP contribution in [-0.4, -0.2) is 58.1 Å². The molecule has 0 radical (unpaired) electrons. The minimum absolute atomic E-state index is 0.178. The Kier molecular flexibility index (Phi) is 4.71. The van der Waals surface area contributed by atoms with Crippen LogP contribution < -0.4 is 0 Å². The highest BCUT2D eigenvalue weighted by Crippen LogP contribution is 2.44. The summed E-state index contributed by atoms with van der Waals surface area (Å²) in [7, 11) is 0. The van der Waals surface area contributed by atoms with Gasteiger partial charge in [-0.1, -0.05) is 12.1 Å². The van der Waals surface area contributed by atoms with Crippen LogP contribution in [0.15, 0.2) is 24.3 Å². The van der Waals surface area contributed by atoms with Crippen molar-refractivity contribution in [2.24, 2.45) is 0 Å². The van der Waals surface area contributed by atoms with Crippen LogP contribution in [0.4, 0.5) is 0 Å². The van der Waals surface area contributed by atoms with Gasteiger partial charge in [-0.05, 0) is 76.2 Å². The second-order valence-electron chi connectivity index (χ2n) is 8.73. The predicted molar refractivity (Wildman–Crippen MR) is 110 cm³/mol. The molecule has 1 N–H and O–H groups in total. The molecule has 2 aliphatic heterocycles. The monoisotopic (exact) mass is 378 g/mol. The number of nitrogens with one attached hydrogen (secondary N) is 1. The Morgan fingerprint density at radius 1 is 1.00 bits per heavy atom. The Morgan fingerprint density at radius 2 is 1.68 bits per heavy atom. The molecule has 28 heavy (non-hydrogen) atoms. The highest BCUT2D eigenvalue weighted by atomic mass is 16.2. The molecule has 1 saturated carbocycles. The summed E-state index contributed by atoms with van der Waals surface area (Å²) in [6.07, 6.45) is 7.38. The summed E-state index contributed by atoms with van der Waals surface area (Å²) in [5.41, 5.74) is 5.51. The molecule has 3 fully saturated rings. The first-order chi connectivity index (χ1) is 13.7. The number of amides is 1. The molecule has 148 valence electrons. The lowest BCUT2D eigenvalue weighted by atomic mass is 9.99. The van der Waals surface area contributed by atoms with E-state index in [4.69, 9.17) is 0 Å². The SMILES string of the molecule is Cc1[nH]nc(C2CC2)c1-c1ccc(C(=O)N2CCC(N3CCCC3)CC2)cc1. The summed E-state index contributed by atoms with van der Waals surface area (Å²) in [5, 5.41) is 7.66. The lowest BCUT2D eigenvalue weighted by molar-refractivity contribution is 0.0644. The van der Waals surface area contributed by atoms with E-state index >= 15 is 0 Å². The first-order valence-electron chi connectivity index (χ1n) is 10.9. The standard InChI is InChI=1S/C23H30N4O/c1-16-21(22(25-24-16)18-6-7-18)17-4-8-19(9-5-17)23(28)27-14-10-20(11-15-27)26-12-2-3-13-26/h4-5,8-9,18,20H,2-3,6-7,10-15H2,1H3,(H,24,25). The van der Waals surface area contributed by atoms with E-state index in [0.29, 0.717) is 12.0 Å². The molecule has 0 bridgehead atoms. The number of hydrogen-bond acceptors (Lipinski definition) is 3. The molecule has 3 heterocycles. The van der Waals surface area contributed by atoms with Crippen LogP contribution in [0.5, 0.6) is 0 Å². The Labute approximate surface area is 167 Å². The van der Waals surface area contributed by atoms with Crippen LogP contribution in [0, 0.1) is 6.92 Å². The fraction of sp³-hybridized carbons (Fsp3) is 0.565. The fourth-order valence-electron chi connectivity index (χ4n) is 4.97. The van der Waals surface area contributed by atoms with Gasteiger partial charge >= 0.3 is 0 Å². The van der Waals surface area contributed by atoms with Gasteiger partial charge in [-0.2, -0.15) is 5.10 Å². The molecule has 3 aliphatic rings. The third-order valence-corrected chi connectivity index (χ3v) is 6.77. The van der Waals surface area contributed by atoms with E-state index < -0.39 is 0 Å². The summed E-state index contributed by atoms with van der Waals surface area (Å²) >= 11 is 0. The van der Waals surface area contributed by atoms with E-state index in [9.17, 15) is 4.79 Å². The summed E-state index contributed by atoms with van der Waals surface area (Å²) in [6.45, 7) is 6.34. The van der Waals surface area contributed by atoms with Crippen molar-refractivity contribution in [1.29, 1.82) is 0 Å². The molecule has 0 spiro atoms. The molecular formula is C23H30N4O. The van der Waals surface area contributed by atoms with Crippen LogP contribution in [-0.2, 0) is 0 Å². The van der Waals surface area contributed by atoms with Gasteiger partial charge in [-0.25, -0.2) is 0 Å². The number of aromatic nitrogens is 2. The zero-order valence-electron chi connectivity index (χ0n) is 16.8. The topological polar surface area (TPSA) is 52.2 Å². The number of carbonyl (C=O) groups is 1. The molecule has 5 rings (SSSR count). The fourth-order valence-corrected chi connectivity index (χ4v) is 4.97. The molecule has 2 aromatic rings. The maximum atomic E-state index is 13.0. The van der Waals surface area contributed by atoms with E-state index in [-0.39, 0.29) is 5.91 Å². The van der Waals surface area contributed by atoms with Crippen molar-refractivity contribution in [3.05, 3.63) is 41.2 Å². The van der Waals surface area contributed by atoms with Gasteiger partial charge in [0, 0.05) is 41.9 Å². The average Bonchev–Trinajstić information content (AvgIpc) is 3.28. The molecule has 0 atom stereocenters. The quantitative estimate of drug-likeness (QED) is 0.876. The number of nitrogens with zero attached hydrogens (tertiary/aromatic N) is 3. The maximum absolute atomic E-state index is 13.0. The van der Waals surface area contributed by atoms with E-state index in [0.717, 1.165) is 42.8 Å². The lowest BCUT2D eigenvalue weighted by Crippen LogP contribution is -2.45. The molecule has 1 aromatic carbocycles. The van der Waals surface area contributed by atoms with Crippen molar-refractivity contribution in [1.82, 2.24) is 20.0 Å². The summed E-state index contributed by atoms with van der Waals surface area (Å²) in [4.78, 5) is 17.6. The molecular weight excluding hydrogens is 348 g/mol. The molecule has 1 aliphatic carbocycles. The van der Waals surface area contributed by atoms with Gasteiger partial charge in [0.2, 0.25) is 0 Å². The largest absolute Gasteiger partial charge is 0.339 e. The lowest BCUT2D eigenvalue weighted by Gasteiger charge is -2.36. The van der Waals surface area contributed by atoms with Gasteiger partial charge in [0.25, 0.3) is 5.91 Å². The van der Waals surface area contributed by atoms with E-state index in [1.807, 2.05) is 17.0 Å². The molecule has 0 unspecified atom stereocenters. The van der Waals surface area contributed by atoms with Crippen molar-refractivity contribution in [3.63, 3.8) is 0 Å². The van der Waals surface area contributed by atoms with Crippen molar-refractivity contribution in [2.75, 3.05) is 26.2 Å². The number of aryl methyl sites for hydroxylation is 1. The minimum atomic E-state index is 0.178. The number of benzene rings is 1. The zero-order valence-corrected chi connectivity index (χ0v) is 16.8. The van der Waals surface area contributed by atoms with Gasteiger partial charge < -0.3 is 9.80 Å². The Bertz CT molecular complexity index is 838. The van der Waals surface area contributed by atoms with E-state index in [2.05, 4.69) is 34.2 Å². The van der Waals surface area contributed by atoms with Crippen molar-refractivity contribution >= 4 is 5.91 Å². The Hall–Kier alpha value is -2.14. The van der Waals surface area contributed by atoms with Gasteiger partial charge in [-0.15, -0.1) is 0 Å². The third kappa shape index (κ3) is 3.37. The van der Waals surface area contributed by atoms with Crippen molar-refractivity contribution in [3.8, 4) is 11.1 Å². The summed E-state index contributed by atoms with van der Waals surface area (Å²) in [5.74, 6) is 0.788. The van der Waals surface area contributed by atoms with Crippen LogP contribution in [0.1, 0.15) is 66.2 Å². The second kappa shape index (κ2) is 7.36. The minimum Gasteiger partial charge on any atom is -0.339 e. The highest BCUT2D eigenvalue weighted by Gasteiger charge is 2.31. The normalized spacial score (nSPS) is 21.4. The zero-order chi connectivity index (χ0) is 19.1. The maximum Gasteiger partial charge on any atom is 0.253 e. The molecule has 5 nitrogen and oxygen atoms in total. The van der Waals surface area contributed by atoms with Crippen LogP contribution in [0.25, 0.3) is 11.1 Å². The predicted octanol–water partition coefficient (Wildman–Crippen LogP) is 3.96. The second-order valence-corrected chi connectivity index (χ2v) is 8.73. The smallest absolute Gasteiger partial charge is 0.253 e. The van der Waals surface area contributed by atoms with Crippen molar-refractivity contribution in [2.45, 2.75) is 57.4 Å². The Morgan fingerprint density at radius 3 is 2.32 bits per heavy atom.